The Morgan fingerprint density at radius 2 is 1.76 bits per heavy atom. The van der Waals surface area contributed by atoms with Crippen molar-refractivity contribution in [2.75, 3.05) is 23.8 Å². The number of anilines is 2. The number of hydrogen-bond acceptors (Lipinski definition) is 4. The number of primary amides is 1. The summed E-state index contributed by atoms with van der Waals surface area (Å²) in [4.78, 5) is 40.9. The van der Waals surface area contributed by atoms with E-state index in [1.807, 2.05) is 11.9 Å². The van der Waals surface area contributed by atoms with Crippen LogP contribution in [-0.4, -0.2) is 42.4 Å². The lowest BCUT2D eigenvalue weighted by Gasteiger charge is -2.43. The summed E-state index contributed by atoms with van der Waals surface area (Å²) in [6.07, 6.45) is 4.23. The molecule has 0 radical (unpaired) electrons. The second kappa shape index (κ2) is 7.58. The minimum atomic E-state index is -0.516. The molecule has 2 aromatic carbocycles. The van der Waals surface area contributed by atoms with Gasteiger partial charge in [0.2, 0.25) is 5.91 Å². The molecule has 0 bridgehead atoms. The molecule has 1 saturated heterocycles. The van der Waals surface area contributed by atoms with E-state index in [1.165, 1.54) is 0 Å². The van der Waals surface area contributed by atoms with Gasteiger partial charge in [0.05, 0.1) is 11.3 Å². The van der Waals surface area contributed by atoms with Crippen LogP contribution >= 0.6 is 0 Å². The van der Waals surface area contributed by atoms with Crippen LogP contribution in [0.3, 0.4) is 0 Å². The highest BCUT2D eigenvalue weighted by Crippen LogP contribution is 2.34. The van der Waals surface area contributed by atoms with E-state index in [-0.39, 0.29) is 18.0 Å². The number of nitrogens with one attached hydrogen (secondary N) is 1. The lowest BCUT2D eigenvalue weighted by atomic mass is 10.0. The van der Waals surface area contributed by atoms with Crippen molar-refractivity contribution < 1.29 is 14.4 Å². The van der Waals surface area contributed by atoms with Gasteiger partial charge in [-0.25, -0.2) is 0 Å². The van der Waals surface area contributed by atoms with Crippen LogP contribution in [-0.2, 0) is 0 Å². The molecule has 3 amide bonds. The van der Waals surface area contributed by atoms with E-state index in [0.717, 1.165) is 37.9 Å². The number of nitrogens with two attached hydrogens (primary N) is 1. The molecule has 0 aliphatic carbocycles. The third-order valence-corrected chi connectivity index (χ3v) is 5.73. The van der Waals surface area contributed by atoms with Crippen LogP contribution in [0.2, 0.25) is 0 Å². The van der Waals surface area contributed by atoms with Gasteiger partial charge < -0.3 is 20.9 Å². The average Bonchev–Trinajstić information content (AvgIpc) is 2.98. The van der Waals surface area contributed by atoms with Gasteiger partial charge >= 0.3 is 0 Å². The van der Waals surface area contributed by atoms with Gasteiger partial charge in [-0.3, -0.25) is 14.4 Å². The van der Waals surface area contributed by atoms with E-state index in [4.69, 9.17) is 5.73 Å². The molecular weight excluding hydrogens is 368 g/mol. The number of rotatable bonds is 3. The number of fused-ring (bicyclic) bond motifs is 2. The van der Waals surface area contributed by atoms with Gasteiger partial charge in [0, 0.05) is 30.4 Å². The van der Waals surface area contributed by atoms with Crippen molar-refractivity contribution in [1.82, 2.24) is 4.90 Å². The van der Waals surface area contributed by atoms with Gasteiger partial charge in [-0.05, 0) is 61.7 Å². The molecule has 0 saturated carbocycles. The second-order valence-corrected chi connectivity index (χ2v) is 7.57. The van der Waals surface area contributed by atoms with Gasteiger partial charge in [-0.15, -0.1) is 0 Å². The van der Waals surface area contributed by atoms with E-state index in [0.29, 0.717) is 22.4 Å². The van der Waals surface area contributed by atoms with E-state index in [9.17, 15) is 14.4 Å². The molecule has 2 heterocycles. The van der Waals surface area contributed by atoms with E-state index in [2.05, 4.69) is 10.2 Å². The maximum Gasteiger partial charge on any atom is 0.257 e. The number of carbonyl (C=O) groups excluding carboxylic acids is 3. The van der Waals surface area contributed by atoms with Crippen molar-refractivity contribution in [3.05, 3.63) is 59.2 Å². The monoisotopic (exact) mass is 392 g/mol. The van der Waals surface area contributed by atoms with Gasteiger partial charge in [0.15, 0.2) is 0 Å². The average molecular weight is 392 g/mol. The number of benzene rings is 2. The summed E-state index contributed by atoms with van der Waals surface area (Å²) in [6, 6.07) is 11.6. The molecular formula is C22H24N4O3. The fourth-order valence-corrected chi connectivity index (χ4v) is 4.11. The molecule has 7 heteroatoms. The highest BCUT2D eigenvalue weighted by Gasteiger charge is 2.36. The van der Waals surface area contributed by atoms with Crippen LogP contribution in [0.1, 0.15) is 56.8 Å². The summed E-state index contributed by atoms with van der Waals surface area (Å²) in [6.45, 7) is 0.775. The fraction of sp³-hybridized carbons (Fsp3) is 0.318. The normalized spacial score (nSPS) is 18.5. The van der Waals surface area contributed by atoms with Crippen molar-refractivity contribution in [3.8, 4) is 0 Å². The summed E-state index contributed by atoms with van der Waals surface area (Å²) in [5.41, 5.74) is 8.08. The van der Waals surface area contributed by atoms with Crippen molar-refractivity contribution >= 4 is 29.1 Å². The first-order valence-corrected chi connectivity index (χ1v) is 9.85. The Kier molecular flexibility index (Phi) is 4.96. The van der Waals surface area contributed by atoms with Crippen LogP contribution in [0.5, 0.6) is 0 Å². The van der Waals surface area contributed by atoms with Crippen molar-refractivity contribution in [2.24, 2.45) is 5.73 Å². The highest BCUT2D eigenvalue weighted by molar-refractivity contribution is 6.08. The topological polar surface area (TPSA) is 95.7 Å². The molecule has 3 N–H and O–H groups in total. The zero-order chi connectivity index (χ0) is 20.5. The Bertz CT molecular complexity index is 971. The van der Waals surface area contributed by atoms with Crippen molar-refractivity contribution in [1.29, 1.82) is 0 Å². The minimum Gasteiger partial charge on any atom is -0.366 e. The predicted molar refractivity (Wildman–Crippen MR) is 111 cm³/mol. The molecule has 4 rings (SSSR count). The van der Waals surface area contributed by atoms with E-state index >= 15 is 0 Å². The quantitative estimate of drug-likeness (QED) is 0.840. The molecule has 150 valence electrons. The Balaban J connectivity index is 1.58. The molecule has 2 aliphatic rings. The predicted octanol–water partition coefficient (Wildman–Crippen LogP) is 2.83. The van der Waals surface area contributed by atoms with Gasteiger partial charge in [0.25, 0.3) is 11.8 Å². The molecule has 1 fully saturated rings. The first-order valence-electron chi connectivity index (χ1n) is 9.85. The maximum atomic E-state index is 13.0. The molecule has 0 unspecified atom stereocenters. The summed E-state index contributed by atoms with van der Waals surface area (Å²) in [7, 11) is 1.98. The van der Waals surface area contributed by atoms with Crippen molar-refractivity contribution in [2.45, 2.75) is 31.8 Å². The summed E-state index contributed by atoms with van der Waals surface area (Å²) in [5, 5.41) is 2.82. The van der Waals surface area contributed by atoms with Crippen LogP contribution in [0.15, 0.2) is 42.5 Å². The number of hydrogen-bond donors (Lipinski definition) is 2. The third-order valence-electron chi connectivity index (χ3n) is 5.73. The SMILES string of the molecule is CN1c2cc(C(=O)Nc3ccc(C(N)=O)cc3)ccc2C(=O)N2CCCCC[C@@H]21. The third kappa shape index (κ3) is 3.55. The standard InChI is InChI=1S/C22H24N4O3/c1-25-18-13-15(21(28)24-16-9-6-14(7-10-16)20(23)27)8-11-17(18)22(29)26-12-4-2-3-5-19(25)26/h6-11,13,19H,2-5,12H2,1H3,(H2,23,27)(H,24,28)/t19-/m1/s1. The lowest BCUT2D eigenvalue weighted by molar-refractivity contribution is 0.0661. The number of carbonyl (C=O) groups is 3. The number of nitrogens with zero attached hydrogens (tertiary/aromatic N) is 2. The maximum absolute atomic E-state index is 13.0. The zero-order valence-electron chi connectivity index (χ0n) is 16.4. The molecule has 0 aromatic heterocycles. The largest absolute Gasteiger partial charge is 0.366 e. The van der Waals surface area contributed by atoms with E-state index in [1.54, 1.807) is 42.5 Å². The van der Waals surface area contributed by atoms with Crippen LogP contribution in [0, 0.1) is 0 Å². The van der Waals surface area contributed by atoms with Gasteiger partial charge in [-0.1, -0.05) is 6.42 Å². The molecule has 2 aromatic rings. The lowest BCUT2D eigenvalue weighted by Crippen LogP contribution is -2.53. The second-order valence-electron chi connectivity index (χ2n) is 7.57. The van der Waals surface area contributed by atoms with Crippen LogP contribution < -0.4 is 16.0 Å². The molecule has 2 aliphatic heterocycles. The Labute approximate surface area is 169 Å². The summed E-state index contributed by atoms with van der Waals surface area (Å²) >= 11 is 0. The van der Waals surface area contributed by atoms with Crippen molar-refractivity contribution in [3.63, 3.8) is 0 Å². The summed E-state index contributed by atoms with van der Waals surface area (Å²) < 4.78 is 0. The smallest absolute Gasteiger partial charge is 0.257 e. The summed E-state index contributed by atoms with van der Waals surface area (Å²) in [5.74, 6) is -0.749. The molecule has 7 nitrogen and oxygen atoms in total. The van der Waals surface area contributed by atoms with E-state index < -0.39 is 5.91 Å². The Morgan fingerprint density at radius 3 is 2.48 bits per heavy atom. The van der Waals surface area contributed by atoms with Gasteiger partial charge in [-0.2, -0.15) is 0 Å². The first-order chi connectivity index (χ1) is 14.0. The molecule has 0 spiro atoms. The van der Waals surface area contributed by atoms with Crippen LogP contribution in [0.4, 0.5) is 11.4 Å². The Hall–Kier alpha value is -3.35. The first kappa shape index (κ1) is 19.0. The minimum absolute atomic E-state index is 0.0390. The number of amides is 3. The Morgan fingerprint density at radius 1 is 1.03 bits per heavy atom. The fourth-order valence-electron chi connectivity index (χ4n) is 4.11. The zero-order valence-corrected chi connectivity index (χ0v) is 16.4. The van der Waals surface area contributed by atoms with Gasteiger partial charge in [0.1, 0.15) is 6.17 Å². The molecule has 29 heavy (non-hydrogen) atoms. The van der Waals surface area contributed by atoms with Crippen LogP contribution in [0.25, 0.3) is 0 Å². The highest BCUT2D eigenvalue weighted by atomic mass is 16.2. The molecule has 1 atom stereocenters.